The second-order valence-corrected chi connectivity index (χ2v) is 3.43. The first-order valence-electron chi connectivity index (χ1n) is 4.98. The van der Waals surface area contributed by atoms with E-state index in [1.54, 1.807) is 24.3 Å². The lowest BCUT2D eigenvalue weighted by Crippen LogP contribution is -2.02. The summed E-state index contributed by atoms with van der Waals surface area (Å²) in [7, 11) is 1.50. The number of aliphatic hydroxyl groups is 1. The summed E-state index contributed by atoms with van der Waals surface area (Å²) in [5.41, 5.74) is 0.228. The normalized spacial score (nSPS) is 11.6. The Bertz CT molecular complexity index is 465. The highest BCUT2D eigenvalue weighted by Gasteiger charge is 2.13. The van der Waals surface area contributed by atoms with Crippen LogP contribution in [0.2, 0.25) is 0 Å². The third-order valence-electron chi connectivity index (χ3n) is 2.25. The molecule has 0 atom stereocenters. The number of Topliss-reactive ketones (excluding diaryl/α,β-unsaturated/α-hetero) is 1. The van der Waals surface area contributed by atoms with Crippen molar-refractivity contribution in [3.05, 3.63) is 46.2 Å². The summed E-state index contributed by atoms with van der Waals surface area (Å²) in [6.45, 7) is 1.18. The largest absolute Gasteiger partial charge is 0.509 e. The van der Waals surface area contributed by atoms with Gasteiger partial charge in [0.1, 0.15) is 11.5 Å². The molecule has 5 heteroatoms. The molecule has 90 valence electrons. The van der Waals surface area contributed by atoms with Crippen molar-refractivity contribution in [3.8, 4) is 5.75 Å². The fourth-order valence-corrected chi connectivity index (χ4v) is 1.43. The minimum Gasteiger partial charge on any atom is -0.509 e. The van der Waals surface area contributed by atoms with Crippen LogP contribution >= 0.6 is 0 Å². The van der Waals surface area contributed by atoms with Crippen LogP contribution < -0.4 is 4.74 Å². The van der Waals surface area contributed by atoms with Crippen molar-refractivity contribution < 1.29 is 14.6 Å². The number of hydrogen-bond acceptors (Lipinski definition) is 5. The van der Waals surface area contributed by atoms with Gasteiger partial charge < -0.3 is 9.84 Å². The minimum atomic E-state index is -0.563. The zero-order chi connectivity index (χ0) is 12.8. The molecule has 0 saturated carbocycles. The van der Waals surface area contributed by atoms with Gasteiger partial charge in [-0.25, -0.2) is 0 Å². The van der Waals surface area contributed by atoms with Gasteiger partial charge in [0.05, 0.1) is 7.11 Å². The number of allylic oxidation sites excluding steroid dienone is 2. The quantitative estimate of drug-likeness (QED) is 0.483. The fraction of sp³-hybridized carbons (Fsp3) is 0.250. The Morgan fingerprint density at radius 1 is 1.41 bits per heavy atom. The number of nitrogens with zero attached hydrogens (tertiary/aromatic N) is 1. The summed E-state index contributed by atoms with van der Waals surface area (Å²) in [4.78, 5) is 21.4. The summed E-state index contributed by atoms with van der Waals surface area (Å²) < 4.78 is 5.09. The lowest BCUT2D eigenvalue weighted by atomic mass is 10.1. The predicted molar refractivity (Wildman–Crippen MR) is 62.8 cm³/mol. The van der Waals surface area contributed by atoms with Gasteiger partial charge in [-0.2, -0.15) is 0 Å². The topological polar surface area (TPSA) is 76.0 Å². The maximum Gasteiger partial charge on any atom is 0.188 e. The van der Waals surface area contributed by atoms with Crippen LogP contribution in [-0.4, -0.2) is 18.0 Å². The van der Waals surface area contributed by atoms with Crippen LogP contribution in [0.1, 0.15) is 12.5 Å². The molecule has 0 aliphatic heterocycles. The molecular formula is C12H13NO4. The molecule has 0 unspecified atom stereocenters. The Morgan fingerprint density at radius 2 is 2.06 bits per heavy atom. The van der Waals surface area contributed by atoms with Crippen molar-refractivity contribution in [2.45, 2.75) is 13.3 Å². The van der Waals surface area contributed by atoms with E-state index in [9.17, 15) is 14.8 Å². The maximum atomic E-state index is 11.0. The van der Waals surface area contributed by atoms with E-state index in [4.69, 9.17) is 4.74 Å². The van der Waals surface area contributed by atoms with Gasteiger partial charge in [0.15, 0.2) is 11.5 Å². The molecule has 0 aliphatic rings. The van der Waals surface area contributed by atoms with Gasteiger partial charge in [-0.15, -0.1) is 4.91 Å². The number of benzene rings is 1. The average molecular weight is 235 g/mol. The molecule has 1 aromatic rings. The molecule has 0 amide bonds. The van der Waals surface area contributed by atoms with Crippen molar-refractivity contribution in [1.29, 1.82) is 0 Å². The summed E-state index contributed by atoms with van der Waals surface area (Å²) in [5, 5.41) is 12.2. The van der Waals surface area contributed by atoms with Crippen LogP contribution in [0.3, 0.4) is 0 Å². The first kappa shape index (κ1) is 12.9. The molecule has 0 aromatic heterocycles. The first-order chi connectivity index (χ1) is 8.10. The number of aliphatic hydroxyl groups excluding tert-OH is 1. The Hall–Kier alpha value is -2.17. The molecule has 0 bridgehead atoms. The standard InChI is InChI=1S/C12H13NO4/c1-8(14)12(13-16)10(15)7-9-5-3-4-6-11(9)17-2/h3-6,15H,7H2,1-2H3. The van der Waals surface area contributed by atoms with Crippen LogP contribution in [0, 0.1) is 4.91 Å². The molecule has 17 heavy (non-hydrogen) atoms. The molecule has 0 spiro atoms. The number of nitroso groups, excluding NO2 is 1. The lowest BCUT2D eigenvalue weighted by molar-refractivity contribution is -0.113. The number of carbonyl (C=O) groups excluding carboxylic acids is 1. The van der Waals surface area contributed by atoms with Crippen LogP contribution in [0.25, 0.3) is 0 Å². The van der Waals surface area contributed by atoms with E-state index in [1.165, 1.54) is 14.0 Å². The van der Waals surface area contributed by atoms with Gasteiger partial charge in [-0.3, -0.25) is 4.79 Å². The molecule has 0 saturated heterocycles. The minimum absolute atomic E-state index is 0.0324. The summed E-state index contributed by atoms with van der Waals surface area (Å²) in [6, 6.07) is 7.02. The molecule has 0 aliphatic carbocycles. The second kappa shape index (κ2) is 5.79. The van der Waals surface area contributed by atoms with Crippen molar-refractivity contribution in [1.82, 2.24) is 0 Å². The van der Waals surface area contributed by atoms with Gasteiger partial charge in [-0.05, 0) is 11.2 Å². The van der Waals surface area contributed by atoms with E-state index in [-0.39, 0.29) is 12.2 Å². The van der Waals surface area contributed by atoms with E-state index in [2.05, 4.69) is 5.18 Å². The number of hydrogen-bond donors (Lipinski definition) is 1. The third kappa shape index (κ3) is 3.14. The molecule has 0 radical (unpaired) electrons. The van der Waals surface area contributed by atoms with E-state index < -0.39 is 11.5 Å². The van der Waals surface area contributed by atoms with Gasteiger partial charge >= 0.3 is 0 Å². The van der Waals surface area contributed by atoms with E-state index >= 15 is 0 Å². The first-order valence-corrected chi connectivity index (χ1v) is 4.98. The maximum absolute atomic E-state index is 11.0. The Kier molecular flexibility index (Phi) is 4.39. The fourth-order valence-electron chi connectivity index (χ4n) is 1.43. The monoisotopic (exact) mass is 235 g/mol. The van der Waals surface area contributed by atoms with Crippen molar-refractivity contribution >= 4 is 5.78 Å². The molecule has 1 N–H and O–H groups in total. The van der Waals surface area contributed by atoms with E-state index in [1.807, 2.05) is 0 Å². The number of methoxy groups -OCH3 is 1. The predicted octanol–water partition coefficient (Wildman–Crippen LogP) is 2.36. The van der Waals surface area contributed by atoms with Gasteiger partial charge in [0.25, 0.3) is 0 Å². The van der Waals surface area contributed by atoms with Crippen molar-refractivity contribution in [2.75, 3.05) is 7.11 Å². The Labute approximate surface area is 98.7 Å². The Morgan fingerprint density at radius 3 is 2.59 bits per heavy atom. The summed E-state index contributed by atoms with van der Waals surface area (Å²) >= 11 is 0. The zero-order valence-electron chi connectivity index (χ0n) is 9.64. The van der Waals surface area contributed by atoms with Gasteiger partial charge in [0, 0.05) is 18.9 Å². The molecule has 5 nitrogen and oxygen atoms in total. The molecular weight excluding hydrogens is 222 g/mol. The molecule has 1 rings (SSSR count). The van der Waals surface area contributed by atoms with Gasteiger partial charge in [-0.1, -0.05) is 18.2 Å². The SMILES string of the molecule is COc1ccccc1CC(O)=C(N=O)C(C)=O. The third-order valence-corrected chi connectivity index (χ3v) is 2.25. The smallest absolute Gasteiger partial charge is 0.188 e. The molecule has 1 aromatic carbocycles. The van der Waals surface area contributed by atoms with E-state index in [0.717, 1.165) is 0 Å². The number of para-hydroxylation sites is 1. The zero-order valence-corrected chi connectivity index (χ0v) is 9.64. The van der Waals surface area contributed by atoms with Crippen molar-refractivity contribution in [2.24, 2.45) is 5.18 Å². The number of rotatable bonds is 5. The highest BCUT2D eigenvalue weighted by atomic mass is 16.5. The highest BCUT2D eigenvalue weighted by molar-refractivity contribution is 5.93. The van der Waals surface area contributed by atoms with E-state index in [0.29, 0.717) is 11.3 Å². The Balaban J connectivity index is 3.05. The van der Waals surface area contributed by atoms with Crippen LogP contribution in [0.5, 0.6) is 5.75 Å². The van der Waals surface area contributed by atoms with Crippen LogP contribution in [-0.2, 0) is 11.2 Å². The average Bonchev–Trinajstić information content (AvgIpc) is 2.30. The number of ether oxygens (including phenoxy) is 1. The number of carbonyl (C=O) groups is 1. The second-order valence-electron chi connectivity index (χ2n) is 3.43. The van der Waals surface area contributed by atoms with Crippen molar-refractivity contribution in [3.63, 3.8) is 0 Å². The number of ketones is 1. The van der Waals surface area contributed by atoms with Crippen LogP contribution in [0.15, 0.2) is 40.9 Å². The summed E-state index contributed by atoms with van der Waals surface area (Å²) in [5.74, 6) is -0.336. The molecule has 0 heterocycles. The molecule has 0 fully saturated rings. The highest BCUT2D eigenvalue weighted by Crippen LogP contribution is 2.21. The summed E-state index contributed by atoms with van der Waals surface area (Å²) in [6.07, 6.45) is 0.0324. The van der Waals surface area contributed by atoms with Crippen LogP contribution in [0.4, 0.5) is 0 Å². The van der Waals surface area contributed by atoms with Gasteiger partial charge in [0.2, 0.25) is 0 Å². The lowest BCUT2D eigenvalue weighted by Gasteiger charge is -2.07.